The summed E-state index contributed by atoms with van der Waals surface area (Å²) in [5.41, 5.74) is 12.7. The number of aromatic nitrogens is 1. The summed E-state index contributed by atoms with van der Waals surface area (Å²) in [4.78, 5) is 17.7. The lowest BCUT2D eigenvalue weighted by Crippen LogP contribution is -2.56. The Morgan fingerprint density at radius 1 is 1.18 bits per heavy atom. The van der Waals surface area contributed by atoms with E-state index < -0.39 is 5.91 Å². The number of carbonyl (C=O) groups is 1. The highest BCUT2D eigenvalue weighted by atomic mass is 16.5. The number of carbonyl (C=O) groups excluding carboxylic acids is 1. The molecule has 0 aliphatic carbocycles. The first kappa shape index (κ1) is 17.3. The second-order valence-electron chi connectivity index (χ2n) is 7.68. The first-order valence-corrected chi connectivity index (χ1v) is 9.71. The molecular weight excluding hydrogens is 352 g/mol. The lowest BCUT2D eigenvalue weighted by molar-refractivity contribution is 0.100. The third kappa shape index (κ3) is 2.77. The summed E-state index contributed by atoms with van der Waals surface area (Å²) in [5.74, 6) is -0.420. The van der Waals surface area contributed by atoms with Gasteiger partial charge in [-0.3, -0.25) is 4.79 Å². The molecule has 3 aromatic rings. The smallest absolute Gasteiger partial charge is 0.250 e. The molecule has 5 rings (SSSR count). The van der Waals surface area contributed by atoms with Gasteiger partial charge in [0, 0.05) is 36.9 Å². The number of benzene rings is 2. The number of hydrogen-bond donors (Lipinski definition) is 3. The lowest BCUT2D eigenvalue weighted by Gasteiger charge is -2.37. The van der Waals surface area contributed by atoms with Crippen molar-refractivity contribution in [1.82, 2.24) is 10.3 Å². The molecule has 0 spiro atoms. The quantitative estimate of drug-likeness (QED) is 0.653. The van der Waals surface area contributed by atoms with Gasteiger partial charge in [-0.05, 0) is 47.4 Å². The number of amides is 1. The Balaban J connectivity index is 1.64. The van der Waals surface area contributed by atoms with Crippen LogP contribution in [0.4, 0.5) is 5.69 Å². The fourth-order valence-electron chi connectivity index (χ4n) is 4.15. The van der Waals surface area contributed by atoms with Crippen LogP contribution < -0.4 is 16.0 Å². The molecule has 1 saturated heterocycles. The van der Waals surface area contributed by atoms with Crippen LogP contribution in [0.1, 0.15) is 21.5 Å². The summed E-state index contributed by atoms with van der Waals surface area (Å²) in [6.07, 6.45) is 0.957. The standard InChI is InChI=1S/C22H24N4O2/c1-26(16-10-24-11-16)20-5-4-17(22(23)27)21-18(20)9-19(25-21)14-3-2-13-6-7-28-12-15(13)8-14/h2-5,8-9,16,24-25H,6-7,10-12H2,1H3,(H2,23,27). The number of likely N-dealkylation sites (N-methyl/N-ethyl adjacent to an activating group) is 1. The van der Waals surface area contributed by atoms with Gasteiger partial charge in [-0.15, -0.1) is 0 Å². The second-order valence-corrected chi connectivity index (χ2v) is 7.68. The average Bonchev–Trinajstić information content (AvgIpc) is 3.10. The topological polar surface area (TPSA) is 83.4 Å². The minimum Gasteiger partial charge on any atom is -0.376 e. The maximum absolute atomic E-state index is 12.0. The highest BCUT2D eigenvalue weighted by Crippen LogP contribution is 2.35. The van der Waals surface area contributed by atoms with Crippen molar-refractivity contribution in [3.63, 3.8) is 0 Å². The van der Waals surface area contributed by atoms with E-state index in [1.54, 1.807) is 0 Å². The molecule has 1 aromatic heterocycles. The van der Waals surface area contributed by atoms with Crippen LogP contribution in [0.25, 0.3) is 22.2 Å². The molecule has 2 aliphatic heterocycles. The summed E-state index contributed by atoms with van der Waals surface area (Å²) >= 11 is 0. The molecular formula is C22H24N4O2. The number of anilines is 1. The molecule has 6 heteroatoms. The summed E-state index contributed by atoms with van der Waals surface area (Å²) in [6, 6.07) is 12.9. The zero-order chi connectivity index (χ0) is 19.3. The van der Waals surface area contributed by atoms with Crippen LogP contribution in [0, 0.1) is 0 Å². The van der Waals surface area contributed by atoms with Gasteiger partial charge in [0.1, 0.15) is 0 Å². The molecule has 28 heavy (non-hydrogen) atoms. The maximum Gasteiger partial charge on any atom is 0.250 e. The molecule has 4 N–H and O–H groups in total. The molecule has 0 saturated carbocycles. The van der Waals surface area contributed by atoms with Gasteiger partial charge in [-0.2, -0.15) is 0 Å². The first-order chi connectivity index (χ1) is 13.6. The van der Waals surface area contributed by atoms with Crippen LogP contribution in [-0.2, 0) is 17.8 Å². The van der Waals surface area contributed by atoms with E-state index in [1.165, 1.54) is 11.1 Å². The highest BCUT2D eigenvalue weighted by molar-refractivity contribution is 6.10. The van der Waals surface area contributed by atoms with E-state index >= 15 is 0 Å². The minimum absolute atomic E-state index is 0.420. The molecule has 1 amide bonds. The molecule has 3 heterocycles. The molecule has 144 valence electrons. The van der Waals surface area contributed by atoms with Crippen molar-refractivity contribution < 1.29 is 9.53 Å². The number of nitrogens with two attached hydrogens (primary N) is 1. The van der Waals surface area contributed by atoms with E-state index in [9.17, 15) is 4.79 Å². The van der Waals surface area contributed by atoms with Gasteiger partial charge in [-0.1, -0.05) is 12.1 Å². The summed E-state index contributed by atoms with van der Waals surface area (Å²) in [7, 11) is 2.10. The Kier molecular flexibility index (Phi) is 4.10. The number of nitrogens with zero attached hydrogens (tertiary/aromatic N) is 1. The van der Waals surface area contributed by atoms with Crippen molar-refractivity contribution in [3.8, 4) is 11.3 Å². The summed E-state index contributed by atoms with van der Waals surface area (Å²) in [6.45, 7) is 3.38. The molecule has 0 unspecified atom stereocenters. The SMILES string of the molecule is CN(c1ccc(C(N)=O)c2[nH]c(-c3ccc4c(c3)COCC4)cc12)C1CNC1. The van der Waals surface area contributed by atoms with Gasteiger partial charge in [0.15, 0.2) is 0 Å². The Labute approximate surface area is 163 Å². The monoisotopic (exact) mass is 376 g/mol. The lowest BCUT2D eigenvalue weighted by atomic mass is 9.99. The number of fused-ring (bicyclic) bond motifs is 2. The van der Waals surface area contributed by atoms with Gasteiger partial charge in [0.05, 0.1) is 30.3 Å². The molecule has 2 aromatic carbocycles. The summed E-state index contributed by atoms with van der Waals surface area (Å²) in [5, 5.41) is 4.34. The number of H-pyrrole nitrogens is 1. The van der Waals surface area contributed by atoms with Crippen LogP contribution in [0.3, 0.4) is 0 Å². The third-order valence-electron chi connectivity index (χ3n) is 6.01. The Bertz CT molecular complexity index is 1070. The number of ether oxygens (including phenoxy) is 1. The van der Waals surface area contributed by atoms with Crippen molar-refractivity contribution in [2.45, 2.75) is 19.1 Å². The van der Waals surface area contributed by atoms with Crippen molar-refractivity contribution in [1.29, 1.82) is 0 Å². The Morgan fingerprint density at radius 3 is 2.79 bits per heavy atom. The number of nitrogens with one attached hydrogen (secondary N) is 2. The minimum atomic E-state index is -0.420. The van der Waals surface area contributed by atoms with E-state index in [2.05, 4.69) is 46.5 Å². The van der Waals surface area contributed by atoms with Gasteiger partial charge < -0.3 is 25.7 Å². The number of hydrogen-bond acceptors (Lipinski definition) is 4. The van der Waals surface area contributed by atoms with Crippen molar-refractivity contribution in [3.05, 3.63) is 53.1 Å². The van der Waals surface area contributed by atoms with Gasteiger partial charge in [-0.25, -0.2) is 0 Å². The molecule has 2 aliphatic rings. The molecule has 0 bridgehead atoms. The maximum atomic E-state index is 12.0. The Morgan fingerprint density at radius 2 is 2.04 bits per heavy atom. The zero-order valence-corrected chi connectivity index (χ0v) is 15.9. The largest absolute Gasteiger partial charge is 0.376 e. The number of aromatic amines is 1. The number of primary amides is 1. The predicted molar refractivity (Wildman–Crippen MR) is 111 cm³/mol. The molecule has 1 fully saturated rings. The van der Waals surface area contributed by atoms with Crippen LogP contribution in [-0.4, -0.2) is 43.7 Å². The van der Waals surface area contributed by atoms with E-state index in [-0.39, 0.29) is 0 Å². The van der Waals surface area contributed by atoms with Crippen LogP contribution in [0.15, 0.2) is 36.4 Å². The van der Waals surface area contributed by atoms with Gasteiger partial charge >= 0.3 is 0 Å². The van der Waals surface area contributed by atoms with E-state index in [4.69, 9.17) is 10.5 Å². The van der Waals surface area contributed by atoms with Gasteiger partial charge in [0.2, 0.25) is 0 Å². The number of rotatable bonds is 4. The van der Waals surface area contributed by atoms with Crippen molar-refractivity contribution in [2.75, 3.05) is 31.6 Å². The van der Waals surface area contributed by atoms with E-state index in [0.717, 1.165) is 54.0 Å². The predicted octanol–water partition coefficient (Wildman–Crippen LogP) is 2.41. The van der Waals surface area contributed by atoms with Gasteiger partial charge in [0.25, 0.3) is 5.91 Å². The second kappa shape index (κ2) is 6.65. The normalized spacial score (nSPS) is 16.6. The van der Waals surface area contributed by atoms with Crippen molar-refractivity contribution >= 4 is 22.5 Å². The van der Waals surface area contributed by atoms with Crippen LogP contribution in [0.5, 0.6) is 0 Å². The zero-order valence-electron chi connectivity index (χ0n) is 15.9. The highest BCUT2D eigenvalue weighted by Gasteiger charge is 2.24. The van der Waals surface area contributed by atoms with E-state index in [0.29, 0.717) is 18.2 Å². The van der Waals surface area contributed by atoms with Crippen LogP contribution >= 0.6 is 0 Å². The Hall–Kier alpha value is -2.83. The van der Waals surface area contributed by atoms with Crippen molar-refractivity contribution in [2.24, 2.45) is 5.73 Å². The third-order valence-corrected chi connectivity index (χ3v) is 6.01. The first-order valence-electron chi connectivity index (χ1n) is 9.71. The average molecular weight is 376 g/mol. The molecule has 6 nitrogen and oxygen atoms in total. The fraction of sp³-hybridized carbons (Fsp3) is 0.318. The van der Waals surface area contributed by atoms with Crippen LogP contribution in [0.2, 0.25) is 0 Å². The fourth-order valence-corrected chi connectivity index (χ4v) is 4.15. The van der Waals surface area contributed by atoms with E-state index in [1.807, 2.05) is 12.1 Å². The summed E-state index contributed by atoms with van der Waals surface area (Å²) < 4.78 is 5.61. The molecule has 0 atom stereocenters. The molecule has 0 radical (unpaired) electrons.